The first-order valence-corrected chi connectivity index (χ1v) is 6.95. The Labute approximate surface area is 123 Å². The predicted octanol–water partition coefficient (Wildman–Crippen LogP) is 4.34. The van der Waals surface area contributed by atoms with Gasteiger partial charge in [-0.3, -0.25) is 10.1 Å². The van der Waals surface area contributed by atoms with E-state index in [4.69, 9.17) is 11.6 Å². The van der Waals surface area contributed by atoms with E-state index in [9.17, 15) is 9.18 Å². The van der Waals surface area contributed by atoms with Crippen LogP contribution in [-0.4, -0.2) is 10.9 Å². The molecule has 0 saturated heterocycles. The van der Waals surface area contributed by atoms with E-state index in [2.05, 4.69) is 10.3 Å². The fourth-order valence-corrected chi connectivity index (χ4v) is 2.74. The van der Waals surface area contributed by atoms with E-state index in [1.165, 1.54) is 17.4 Å². The molecule has 2 aromatic carbocycles. The van der Waals surface area contributed by atoms with Gasteiger partial charge in [0, 0.05) is 10.6 Å². The molecule has 3 rings (SSSR count). The number of hydrogen-bond acceptors (Lipinski definition) is 3. The summed E-state index contributed by atoms with van der Waals surface area (Å²) < 4.78 is 14.2. The van der Waals surface area contributed by atoms with E-state index in [1.54, 1.807) is 36.4 Å². The third-order valence-electron chi connectivity index (χ3n) is 2.70. The van der Waals surface area contributed by atoms with Crippen molar-refractivity contribution in [1.82, 2.24) is 4.98 Å². The molecule has 0 aliphatic heterocycles. The molecule has 0 fully saturated rings. The van der Waals surface area contributed by atoms with Gasteiger partial charge in [-0.25, -0.2) is 9.37 Å². The van der Waals surface area contributed by atoms with Crippen LogP contribution in [-0.2, 0) is 0 Å². The number of carbonyl (C=O) groups excluding carboxylic acids is 1. The molecule has 20 heavy (non-hydrogen) atoms. The van der Waals surface area contributed by atoms with Gasteiger partial charge in [-0.05, 0) is 36.4 Å². The van der Waals surface area contributed by atoms with Crippen molar-refractivity contribution >= 4 is 44.2 Å². The molecule has 1 amide bonds. The van der Waals surface area contributed by atoms with Crippen LogP contribution in [0.1, 0.15) is 10.4 Å². The minimum atomic E-state index is -0.397. The van der Waals surface area contributed by atoms with E-state index in [-0.39, 0.29) is 11.4 Å². The molecule has 0 aliphatic carbocycles. The van der Waals surface area contributed by atoms with Gasteiger partial charge >= 0.3 is 0 Å². The number of para-hydroxylation sites is 1. The lowest BCUT2D eigenvalue weighted by Gasteiger charge is -2.01. The molecule has 100 valence electrons. The number of carbonyl (C=O) groups is 1. The van der Waals surface area contributed by atoms with E-state index in [1.807, 2.05) is 0 Å². The van der Waals surface area contributed by atoms with Crippen molar-refractivity contribution in [1.29, 1.82) is 0 Å². The van der Waals surface area contributed by atoms with Gasteiger partial charge in [-0.15, -0.1) is 0 Å². The smallest absolute Gasteiger partial charge is 0.257 e. The highest BCUT2D eigenvalue weighted by Crippen LogP contribution is 2.27. The van der Waals surface area contributed by atoms with Crippen LogP contribution >= 0.6 is 22.9 Å². The molecular weight excluding hydrogens is 299 g/mol. The molecule has 0 bridgehead atoms. The topological polar surface area (TPSA) is 42.0 Å². The van der Waals surface area contributed by atoms with Crippen LogP contribution in [0.4, 0.5) is 9.52 Å². The maximum atomic E-state index is 13.5. The molecule has 1 N–H and O–H groups in total. The molecule has 0 atom stereocenters. The SMILES string of the molecule is O=C(Nc1nc2c(F)cccc2s1)c1ccc(Cl)cc1. The van der Waals surface area contributed by atoms with E-state index >= 15 is 0 Å². The number of nitrogens with one attached hydrogen (secondary N) is 1. The van der Waals surface area contributed by atoms with Crippen LogP contribution in [0.2, 0.25) is 5.02 Å². The Morgan fingerprint density at radius 1 is 1.20 bits per heavy atom. The molecule has 0 spiro atoms. The van der Waals surface area contributed by atoms with Crippen molar-refractivity contribution in [3.8, 4) is 0 Å². The zero-order chi connectivity index (χ0) is 14.1. The van der Waals surface area contributed by atoms with Gasteiger partial charge in [0.05, 0.1) is 4.70 Å². The van der Waals surface area contributed by atoms with Crippen molar-refractivity contribution in [2.45, 2.75) is 0 Å². The molecule has 3 aromatic rings. The third-order valence-corrected chi connectivity index (χ3v) is 3.88. The van der Waals surface area contributed by atoms with Gasteiger partial charge < -0.3 is 0 Å². The minimum Gasteiger partial charge on any atom is -0.298 e. The predicted molar refractivity (Wildman–Crippen MR) is 79.0 cm³/mol. The number of benzene rings is 2. The average molecular weight is 307 g/mol. The number of halogens is 2. The highest BCUT2D eigenvalue weighted by molar-refractivity contribution is 7.22. The van der Waals surface area contributed by atoms with Crippen LogP contribution in [0, 0.1) is 5.82 Å². The summed E-state index contributed by atoms with van der Waals surface area (Å²) in [6.45, 7) is 0. The van der Waals surface area contributed by atoms with Gasteiger partial charge in [0.1, 0.15) is 11.3 Å². The molecule has 0 radical (unpaired) electrons. The number of thiazole rings is 1. The first-order valence-electron chi connectivity index (χ1n) is 5.75. The molecule has 0 aliphatic rings. The Kier molecular flexibility index (Phi) is 3.38. The molecule has 3 nitrogen and oxygen atoms in total. The van der Waals surface area contributed by atoms with Crippen LogP contribution in [0.25, 0.3) is 10.2 Å². The number of anilines is 1. The lowest BCUT2D eigenvalue weighted by molar-refractivity contribution is 0.102. The van der Waals surface area contributed by atoms with Crippen LogP contribution in [0.5, 0.6) is 0 Å². The summed E-state index contributed by atoms with van der Waals surface area (Å²) in [4.78, 5) is 16.1. The third kappa shape index (κ3) is 2.50. The first-order chi connectivity index (χ1) is 9.63. The van der Waals surface area contributed by atoms with Crippen molar-refractivity contribution in [2.75, 3.05) is 5.32 Å². The van der Waals surface area contributed by atoms with E-state index in [0.29, 0.717) is 20.4 Å². The summed E-state index contributed by atoms with van der Waals surface area (Å²) in [7, 11) is 0. The van der Waals surface area contributed by atoms with Crippen molar-refractivity contribution < 1.29 is 9.18 Å². The number of rotatable bonds is 2. The fraction of sp³-hybridized carbons (Fsp3) is 0. The lowest BCUT2D eigenvalue weighted by Crippen LogP contribution is -2.11. The number of nitrogens with zero attached hydrogens (tertiary/aromatic N) is 1. The molecular formula is C14H8ClFN2OS. The molecule has 0 unspecified atom stereocenters. The summed E-state index contributed by atoms with van der Waals surface area (Å²) >= 11 is 6.99. The van der Waals surface area contributed by atoms with Crippen LogP contribution < -0.4 is 5.32 Å². The normalized spacial score (nSPS) is 10.7. The summed E-state index contributed by atoms with van der Waals surface area (Å²) in [6, 6.07) is 11.2. The Bertz CT molecular complexity index is 785. The Hall–Kier alpha value is -1.98. The zero-order valence-electron chi connectivity index (χ0n) is 10.1. The second-order valence-corrected chi connectivity index (χ2v) is 5.53. The second kappa shape index (κ2) is 5.19. The number of fused-ring (bicyclic) bond motifs is 1. The number of hydrogen-bond donors (Lipinski definition) is 1. The van der Waals surface area contributed by atoms with E-state index in [0.717, 1.165) is 0 Å². The second-order valence-electron chi connectivity index (χ2n) is 4.07. The fourth-order valence-electron chi connectivity index (χ4n) is 1.74. The Morgan fingerprint density at radius 2 is 1.95 bits per heavy atom. The van der Waals surface area contributed by atoms with Crippen molar-refractivity contribution in [2.24, 2.45) is 0 Å². The van der Waals surface area contributed by atoms with Gasteiger partial charge in [0.25, 0.3) is 5.91 Å². The highest BCUT2D eigenvalue weighted by Gasteiger charge is 2.11. The summed E-state index contributed by atoms with van der Waals surface area (Å²) in [5.41, 5.74) is 0.734. The Balaban J connectivity index is 1.87. The summed E-state index contributed by atoms with van der Waals surface area (Å²) in [5, 5.41) is 3.58. The molecule has 0 saturated carbocycles. The van der Waals surface area contributed by atoms with Crippen LogP contribution in [0.3, 0.4) is 0 Å². The molecule has 1 aromatic heterocycles. The van der Waals surface area contributed by atoms with Crippen molar-refractivity contribution in [3.63, 3.8) is 0 Å². The quantitative estimate of drug-likeness (QED) is 0.765. The lowest BCUT2D eigenvalue weighted by atomic mass is 10.2. The van der Waals surface area contributed by atoms with Gasteiger partial charge in [-0.1, -0.05) is 29.0 Å². The standard InChI is InChI=1S/C14H8ClFN2OS/c15-9-6-4-8(5-7-9)13(19)18-14-17-12-10(16)2-1-3-11(12)20-14/h1-7H,(H,17,18,19). The Morgan fingerprint density at radius 3 is 2.65 bits per heavy atom. The first kappa shape index (κ1) is 13.0. The van der Waals surface area contributed by atoms with Crippen molar-refractivity contribution in [3.05, 3.63) is 58.9 Å². The summed E-state index contributed by atoms with van der Waals surface area (Å²) in [6.07, 6.45) is 0. The maximum absolute atomic E-state index is 13.5. The minimum absolute atomic E-state index is 0.268. The largest absolute Gasteiger partial charge is 0.298 e. The van der Waals surface area contributed by atoms with Gasteiger partial charge in [0.15, 0.2) is 5.13 Å². The number of aromatic nitrogens is 1. The highest BCUT2D eigenvalue weighted by atomic mass is 35.5. The zero-order valence-corrected chi connectivity index (χ0v) is 11.6. The molecule has 1 heterocycles. The van der Waals surface area contributed by atoms with E-state index < -0.39 is 5.82 Å². The average Bonchev–Trinajstić information content (AvgIpc) is 2.83. The molecule has 6 heteroatoms. The van der Waals surface area contributed by atoms with Gasteiger partial charge in [0.2, 0.25) is 0 Å². The van der Waals surface area contributed by atoms with Gasteiger partial charge in [-0.2, -0.15) is 0 Å². The van der Waals surface area contributed by atoms with Crippen LogP contribution in [0.15, 0.2) is 42.5 Å². The number of amides is 1. The maximum Gasteiger partial charge on any atom is 0.257 e. The summed E-state index contributed by atoms with van der Waals surface area (Å²) in [5.74, 6) is -0.702. The monoisotopic (exact) mass is 306 g/mol.